The summed E-state index contributed by atoms with van der Waals surface area (Å²) >= 11 is 3.52. The molecule has 2 nitrogen and oxygen atoms in total. The van der Waals surface area contributed by atoms with E-state index in [4.69, 9.17) is 4.74 Å². The normalized spacial score (nSPS) is 10.8. The van der Waals surface area contributed by atoms with Crippen molar-refractivity contribution in [2.75, 3.05) is 7.11 Å². The molecule has 19 heavy (non-hydrogen) atoms. The Morgan fingerprint density at radius 1 is 1.16 bits per heavy atom. The molecule has 0 N–H and O–H groups in total. The van der Waals surface area contributed by atoms with Crippen molar-refractivity contribution in [3.63, 3.8) is 0 Å². The number of rotatable bonds is 4. The van der Waals surface area contributed by atoms with Crippen LogP contribution in [0, 0.1) is 0 Å². The van der Waals surface area contributed by atoms with E-state index < -0.39 is 0 Å². The summed E-state index contributed by atoms with van der Waals surface area (Å²) in [7, 11) is 1.69. The van der Waals surface area contributed by atoms with E-state index in [0.717, 1.165) is 21.4 Å². The number of thioether (sulfide) groups is 1. The molecule has 4 heteroatoms. The molecule has 0 radical (unpaired) electrons. The molecule has 96 valence electrons. The number of fused-ring (bicyclic) bond motifs is 1. The topological polar surface area (TPSA) is 22.1 Å². The number of thiazole rings is 1. The maximum Gasteiger partial charge on any atom is 0.151 e. The van der Waals surface area contributed by atoms with Gasteiger partial charge in [-0.1, -0.05) is 36.0 Å². The molecular formula is C15H13NOS2. The lowest BCUT2D eigenvalue weighted by molar-refractivity contribution is 0.414. The first kappa shape index (κ1) is 12.5. The number of hydrogen-bond donors (Lipinski definition) is 0. The van der Waals surface area contributed by atoms with E-state index in [1.807, 2.05) is 18.2 Å². The molecule has 0 aliphatic rings. The second-order valence-electron chi connectivity index (χ2n) is 4.09. The first-order valence-electron chi connectivity index (χ1n) is 5.96. The summed E-state index contributed by atoms with van der Waals surface area (Å²) in [5.41, 5.74) is 2.34. The number of ether oxygens (including phenoxy) is 1. The van der Waals surface area contributed by atoms with Gasteiger partial charge in [0.1, 0.15) is 5.75 Å². The zero-order valence-corrected chi connectivity index (χ0v) is 12.1. The molecule has 0 bridgehead atoms. The number of para-hydroxylation sites is 1. The van der Waals surface area contributed by atoms with Crippen molar-refractivity contribution in [2.24, 2.45) is 0 Å². The molecule has 1 aromatic heterocycles. The minimum absolute atomic E-state index is 0.905. The fraction of sp³-hybridized carbons (Fsp3) is 0.133. The molecule has 3 rings (SSSR count). The molecule has 0 atom stereocenters. The van der Waals surface area contributed by atoms with Gasteiger partial charge in [-0.3, -0.25) is 0 Å². The Hall–Kier alpha value is -1.52. The van der Waals surface area contributed by atoms with Gasteiger partial charge in [-0.15, -0.1) is 11.3 Å². The Morgan fingerprint density at radius 3 is 2.89 bits per heavy atom. The summed E-state index contributed by atoms with van der Waals surface area (Å²) in [5.74, 6) is 1.82. The monoisotopic (exact) mass is 287 g/mol. The van der Waals surface area contributed by atoms with Gasteiger partial charge >= 0.3 is 0 Å². The van der Waals surface area contributed by atoms with E-state index in [-0.39, 0.29) is 0 Å². The summed E-state index contributed by atoms with van der Waals surface area (Å²) in [6, 6.07) is 16.4. The van der Waals surface area contributed by atoms with Crippen LogP contribution in [-0.2, 0) is 5.75 Å². The molecule has 0 spiro atoms. The zero-order valence-electron chi connectivity index (χ0n) is 10.5. The average molecular weight is 287 g/mol. The second-order valence-corrected chi connectivity index (χ2v) is 6.34. The SMILES string of the molecule is COc1cccc(CSc2nc3ccccc3s2)c1. The molecule has 0 saturated heterocycles. The zero-order chi connectivity index (χ0) is 13.1. The number of hydrogen-bond acceptors (Lipinski definition) is 4. The number of aromatic nitrogens is 1. The molecule has 0 aliphatic heterocycles. The quantitative estimate of drug-likeness (QED) is 0.655. The van der Waals surface area contributed by atoms with E-state index >= 15 is 0 Å². The largest absolute Gasteiger partial charge is 0.497 e. The van der Waals surface area contributed by atoms with Crippen LogP contribution in [0.5, 0.6) is 5.75 Å². The van der Waals surface area contributed by atoms with Gasteiger partial charge in [-0.25, -0.2) is 4.98 Å². The highest BCUT2D eigenvalue weighted by Gasteiger charge is 2.04. The van der Waals surface area contributed by atoms with Crippen molar-refractivity contribution < 1.29 is 4.74 Å². The lowest BCUT2D eigenvalue weighted by Crippen LogP contribution is -1.85. The lowest BCUT2D eigenvalue weighted by Gasteiger charge is -2.02. The maximum atomic E-state index is 5.23. The molecule has 0 aliphatic carbocycles. The highest BCUT2D eigenvalue weighted by atomic mass is 32.2. The molecule has 0 amide bonds. The van der Waals surface area contributed by atoms with E-state index in [1.165, 1.54) is 10.3 Å². The summed E-state index contributed by atoms with van der Waals surface area (Å²) < 4.78 is 7.59. The van der Waals surface area contributed by atoms with Crippen molar-refractivity contribution in [1.82, 2.24) is 4.98 Å². The third-order valence-corrected chi connectivity index (χ3v) is 5.02. The maximum absolute atomic E-state index is 5.23. The Bertz CT molecular complexity index is 660. The van der Waals surface area contributed by atoms with Crippen molar-refractivity contribution >= 4 is 33.3 Å². The van der Waals surface area contributed by atoms with Crippen LogP contribution in [0.15, 0.2) is 52.9 Å². The van der Waals surface area contributed by atoms with Crippen LogP contribution in [-0.4, -0.2) is 12.1 Å². The summed E-state index contributed by atoms with van der Waals surface area (Å²) in [4.78, 5) is 4.62. The lowest BCUT2D eigenvalue weighted by atomic mass is 10.2. The molecule has 2 aromatic carbocycles. The fourth-order valence-electron chi connectivity index (χ4n) is 1.82. The molecule has 0 unspecified atom stereocenters. The van der Waals surface area contributed by atoms with Crippen LogP contribution < -0.4 is 4.74 Å². The van der Waals surface area contributed by atoms with Gasteiger partial charge in [0.15, 0.2) is 4.34 Å². The number of methoxy groups -OCH3 is 1. The van der Waals surface area contributed by atoms with E-state index in [0.29, 0.717) is 0 Å². The molecule has 3 aromatic rings. The van der Waals surface area contributed by atoms with Crippen LogP contribution in [0.1, 0.15) is 5.56 Å². The second kappa shape index (κ2) is 5.63. The summed E-state index contributed by atoms with van der Waals surface area (Å²) in [6.07, 6.45) is 0. The van der Waals surface area contributed by atoms with E-state index in [1.54, 1.807) is 30.2 Å². The van der Waals surface area contributed by atoms with Gasteiger partial charge in [0.2, 0.25) is 0 Å². The third-order valence-electron chi connectivity index (χ3n) is 2.77. The van der Waals surface area contributed by atoms with Crippen molar-refractivity contribution in [1.29, 1.82) is 0 Å². The van der Waals surface area contributed by atoms with Gasteiger partial charge in [0.25, 0.3) is 0 Å². The molecule has 1 heterocycles. The molecular weight excluding hydrogens is 274 g/mol. The first-order valence-corrected chi connectivity index (χ1v) is 7.76. The Kier molecular flexibility index (Phi) is 3.71. The summed E-state index contributed by atoms with van der Waals surface area (Å²) in [5, 5.41) is 0. The van der Waals surface area contributed by atoms with Crippen LogP contribution in [0.2, 0.25) is 0 Å². The smallest absolute Gasteiger partial charge is 0.151 e. The van der Waals surface area contributed by atoms with Crippen molar-refractivity contribution in [3.8, 4) is 5.75 Å². The standard InChI is InChI=1S/C15H13NOS2/c1-17-12-6-4-5-11(9-12)10-18-15-16-13-7-2-3-8-14(13)19-15/h2-9H,10H2,1H3. The van der Waals surface area contributed by atoms with Crippen LogP contribution in [0.3, 0.4) is 0 Å². The summed E-state index contributed by atoms with van der Waals surface area (Å²) in [6.45, 7) is 0. The van der Waals surface area contributed by atoms with Crippen molar-refractivity contribution in [3.05, 3.63) is 54.1 Å². The minimum Gasteiger partial charge on any atom is -0.497 e. The van der Waals surface area contributed by atoms with Crippen LogP contribution in [0.25, 0.3) is 10.2 Å². The highest BCUT2D eigenvalue weighted by Crippen LogP contribution is 2.31. The predicted molar refractivity (Wildman–Crippen MR) is 82.2 cm³/mol. The highest BCUT2D eigenvalue weighted by molar-refractivity contribution is 8.00. The average Bonchev–Trinajstić information content (AvgIpc) is 2.88. The minimum atomic E-state index is 0.905. The first-order chi connectivity index (χ1) is 9.35. The van der Waals surface area contributed by atoms with Crippen molar-refractivity contribution in [2.45, 2.75) is 10.1 Å². The Morgan fingerprint density at radius 2 is 2.05 bits per heavy atom. The third kappa shape index (κ3) is 2.91. The Balaban J connectivity index is 1.74. The number of nitrogens with zero attached hydrogens (tertiary/aromatic N) is 1. The van der Waals surface area contributed by atoms with Gasteiger partial charge in [-0.2, -0.15) is 0 Å². The van der Waals surface area contributed by atoms with E-state index in [9.17, 15) is 0 Å². The van der Waals surface area contributed by atoms with Gasteiger partial charge in [0, 0.05) is 5.75 Å². The van der Waals surface area contributed by atoms with Gasteiger partial charge in [-0.05, 0) is 29.8 Å². The van der Waals surface area contributed by atoms with Gasteiger partial charge in [0.05, 0.1) is 17.3 Å². The van der Waals surface area contributed by atoms with E-state index in [2.05, 4.69) is 35.3 Å². The van der Waals surface area contributed by atoms with Crippen LogP contribution >= 0.6 is 23.1 Å². The van der Waals surface area contributed by atoms with Gasteiger partial charge < -0.3 is 4.74 Å². The molecule has 0 fully saturated rings. The number of benzene rings is 2. The fourth-order valence-corrected chi connectivity index (χ4v) is 3.83. The molecule has 0 saturated carbocycles. The predicted octanol–water partition coefficient (Wildman–Crippen LogP) is 4.60. The van der Waals surface area contributed by atoms with Crippen LogP contribution in [0.4, 0.5) is 0 Å². The Labute approximate surface area is 120 Å².